The van der Waals surface area contributed by atoms with Crippen molar-refractivity contribution >= 4 is 16.7 Å². The summed E-state index contributed by atoms with van der Waals surface area (Å²) < 4.78 is 33.5. The van der Waals surface area contributed by atoms with Gasteiger partial charge in [-0.15, -0.1) is 0 Å². The highest BCUT2D eigenvalue weighted by Crippen LogP contribution is 2.31. The summed E-state index contributed by atoms with van der Waals surface area (Å²) in [7, 11) is 0. The topological polar surface area (TPSA) is 62.5 Å². The average Bonchev–Trinajstić information content (AvgIpc) is 2.70. The highest BCUT2D eigenvalue weighted by molar-refractivity contribution is 5.83. The van der Waals surface area contributed by atoms with Crippen LogP contribution in [-0.4, -0.2) is 5.11 Å². The molecule has 0 aliphatic heterocycles. The maximum Gasteiger partial charge on any atom is 0.200 e. The van der Waals surface area contributed by atoms with E-state index in [0.29, 0.717) is 17.0 Å². The van der Waals surface area contributed by atoms with Crippen LogP contribution in [0, 0.1) is 11.6 Å². The first-order chi connectivity index (χ1) is 13.9. The predicted molar refractivity (Wildman–Crippen MR) is 108 cm³/mol. The zero-order chi connectivity index (χ0) is 20.5. The minimum absolute atomic E-state index is 0.0878. The van der Waals surface area contributed by atoms with Crippen molar-refractivity contribution in [3.63, 3.8) is 0 Å². The lowest BCUT2D eigenvalue weighted by Gasteiger charge is -2.18. The SMILES string of the molecule is CC(Nc1ccc(O)cc1)c1oc2ccc(F)cc2c(=O)c1-c1cccc(F)c1. The maximum absolute atomic E-state index is 13.8. The van der Waals surface area contributed by atoms with Crippen molar-refractivity contribution in [3.05, 3.63) is 94.3 Å². The Labute approximate surface area is 165 Å². The van der Waals surface area contributed by atoms with Gasteiger partial charge in [0, 0.05) is 5.69 Å². The first kappa shape index (κ1) is 18.7. The van der Waals surface area contributed by atoms with E-state index in [2.05, 4.69) is 5.32 Å². The average molecular weight is 393 g/mol. The van der Waals surface area contributed by atoms with Crippen LogP contribution in [0.3, 0.4) is 0 Å². The normalized spacial score (nSPS) is 12.1. The monoisotopic (exact) mass is 393 g/mol. The second-order valence-electron chi connectivity index (χ2n) is 6.73. The fourth-order valence-electron chi connectivity index (χ4n) is 3.28. The largest absolute Gasteiger partial charge is 0.508 e. The van der Waals surface area contributed by atoms with Crippen LogP contribution in [0.5, 0.6) is 5.75 Å². The number of hydrogen-bond donors (Lipinski definition) is 2. The van der Waals surface area contributed by atoms with Crippen molar-refractivity contribution < 1.29 is 18.3 Å². The summed E-state index contributed by atoms with van der Waals surface area (Å²) in [6.45, 7) is 1.79. The number of halogens is 2. The lowest BCUT2D eigenvalue weighted by atomic mass is 9.99. The van der Waals surface area contributed by atoms with E-state index < -0.39 is 23.1 Å². The molecule has 1 atom stereocenters. The Hall–Kier alpha value is -3.67. The van der Waals surface area contributed by atoms with Crippen LogP contribution >= 0.6 is 0 Å². The van der Waals surface area contributed by atoms with E-state index >= 15 is 0 Å². The second-order valence-corrected chi connectivity index (χ2v) is 6.73. The molecule has 146 valence electrons. The summed E-state index contributed by atoms with van der Waals surface area (Å²) in [5.41, 5.74) is 1.01. The Morgan fingerprint density at radius 2 is 1.69 bits per heavy atom. The van der Waals surface area contributed by atoms with Crippen LogP contribution in [0.15, 0.2) is 75.9 Å². The lowest BCUT2D eigenvalue weighted by molar-refractivity contribution is 0.475. The molecule has 0 saturated heterocycles. The van der Waals surface area contributed by atoms with Gasteiger partial charge in [0.1, 0.15) is 28.7 Å². The summed E-state index contributed by atoms with van der Waals surface area (Å²) >= 11 is 0. The van der Waals surface area contributed by atoms with Crippen molar-refractivity contribution in [2.75, 3.05) is 5.32 Å². The third-order valence-corrected chi connectivity index (χ3v) is 4.64. The minimum Gasteiger partial charge on any atom is -0.508 e. The molecule has 1 heterocycles. The van der Waals surface area contributed by atoms with Gasteiger partial charge in [0.15, 0.2) is 0 Å². The lowest BCUT2D eigenvalue weighted by Crippen LogP contribution is -2.15. The van der Waals surface area contributed by atoms with Crippen LogP contribution in [-0.2, 0) is 0 Å². The number of phenolic OH excluding ortho intramolecular Hbond substituents is 1. The number of nitrogens with one attached hydrogen (secondary N) is 1. The van der Waals surface area contributed by atoms with Crippen LogP contribution < -0.4 is 10.7 Å². The summed E-state index contributed by atoms with van der Waals surface area (Å²) in [6.07, 6.45) is 0. The number of fused-ring (bicyclic) bond motifs is 1. The van der Waals surface area contributed by atoms with E-state index in [9.17, 15) is 18.7 Å². The molecule has 0 amide bonds. The maximum atomic E-state index is 13.8. The van der Waals surface area contributed by atoms with Gasteiger partial charge in [0.2, 0.25) is 5.43 Å². The first-order valence-corrected chi connectivity index (χ1v) is 9.00. The zero-order valence-corrected chi connectivity index (χ0v) is 15.4. The smallest absolute Gasteiger partial charge is 0.200 e. The van der Waals surface area contributed by atoms with E-state index in [1.54, 1.807) is 25.1 Å². The van der Waals surface area contributed by atoms with E-state index in [1.807, 2.05) is 0 Å². The number of hydrogen-bond acceptors (Lipinski definition) is 4. The van der Waals surface area contributed by atoms with Gasteiger partial charge in [-0.05, 0) is 67.1 Å². The molecular weight excluding hydrogens is 376 g/mol. The molecule has 0 radical (unpaired) electrons. The molecule has 6 heteroatoms. The fourth-order valence-corrected chi connectivity index (χ4v) is 3.28. The molecule has 1 aromatic heterocycles. The summed E-state index contributed by atoms with van der Waals surface area (Å²) in [4.78, 5) is 13.2. The van der Waals surface area contributed by atoms with Gasteiger partial charge in [0.25, 0.3) is 0 Å². The van der Waals surface area contributed by atoms with Gasteiger partial charge in [-0.25, -0.2) is 8.78 Å². The first-order valence-electron chi connectivity index (χ1n) is 9.00. The zero-order valence-electron chi connectivity index (χ0n) is 15.4. The molecule has 0 bridgehead atoms. The van der Waals surface area contributed by atoms with Crippen molar-refractivity contribution in [3.8, 4) is 16.9 Å². The number of aromatic hydroxyl groups is 1. The van der Waals surface area contributed by atoms with E-state index in [4.69, 9.17) is 4.42 Å². The van der Waals surface area contributed by atoms with Crippen molar-refractivity contribution in [2.45, 2.75) is 13.0 Å². The summed E-state index contributed by atoms with van der Waals surface area (Å²) in [6, 6.07) is 15.3. The molecule has 2 N–H and O–H groups in total. The molecule has 0 aliphatic carbocycles. The predicted octanol–water partition coefficient (Wildman–Crippen LogP) is 5.62. The molecular formula is C23H17F2NO3. The Kier molecular flexibility index (Phi) is 4.76. The number of benzene rings is 3. The highest BCUT2D eigenvalue weighted by atomic mass is 19.1. The molecule has 1 unspecified atom stereocenters. The quantitative estimate of drug-likeness (QED) is 0.442. The Balaban J connectivity index is 1.91. The van der Waals surface area contributed by atoms with E-state index in [0.717, 1.165) is 6.07 Å². The fraction of sp³-hybridized carbons (Fsp3) is 0.0870. The third kappa shape index (κ3) is 3.69. The molecule has 4 aromatic rings. The standard InChI is InChI=1S/C23H17F2NO3/c1-13(26-17-6-8-18(27)9-7-17)23-21(14-3-2-4-15(24)11-14)22(28)19-12-16(25)5-10-20(19)29-23/h2-13,26-27H,1H3. The van der Waals surface area contributed by atoms with Crippen LogP contribution in [0.1, 0.15) is 18.7 Å². The van der Waals surface area contributed by atoms with Crippen LogP contribution in [0.2, 0.25) is 0 Å². The van der Waals surface area contributed by atoms with Crippen LogP contribution in [0.4, 0.5) is 14.5 Å². The van der Waals surface area contributed by atoms with E-state index in [1.165, 1.54) is 42.5 Å². The minimum atomic E-state index is -0.557. The molecule has 3 aromatic carbocycles. The third-order valence-electron chi connectivity index (χ3n) is 4.64. The second kappa shape index (κ2) is 7.39. The molecule has 0 fully saturated rings. The van der Waals surface area contributed by atoms with Gasteiger partial charge < -0.3 is 14.8 Å². The number of rotatable bonds is 4. The Bertz CT molecular complexity index is 1250. The molecule has 4 nitrogen and oxygen atoms in total. The molecule has 29 heavy (non-hydrogen) atoms. The number of phenols is 1. The van der Waals surface area contributed by atoms with Gasteiger partial charge in [-0.3, -0.25) is 4.79 Å². The Morgan fingerprint density at radius 1 is 0.966 bits per heavy atom. The Morgan fingerprint density at radius 3 is 2.41 bits per heavy atom. The number of anilines is 1. The van der Waals surface area contributed by atoms with Crippen molar-refractivity contribution in [1.29, 1.82) is 0 Å². The summed E-state index contributed by atoms with van der Waals surface area (Å²) in [5.74, 6) is -0.625. The molecule has 0 saturated carbocycles. The summed E-state index contributed by atoms with van der Waals surface area (Å²) in [5, 5.41) is 12.7. The van der Waals surface area contributed by atoms with Crippen molar-refractivity contribution in [1.82, 2.24) is 0 Å². The van der Waals surface area contributed by atoms with Gasteiger partial charge >= 0.3 is 0 Å². The van der Waals surface area contributed by atoms with Gasteiger partial charge in [-0.1, -0.05) is 12.1 Å². The van der Waals surface area contributed by atoms with Crippen LogP contribution in [0.25, 0.3) is 22.1 Å². The van der Waals surface area contributed by atoms with Gasteiger partial charge in [0.05, 0.1) is 17.0 Å². The molecule has 0 aliphatic rings. The van der Waals surface area contributed by atoms with Crippen molar-refractivity contribution in [2.24, 2.45) is 0 Å². The van der Waals surface area contributed by atoms with E-state index in [-0.39, 0.29) is 22.3 Å². The highest BCUT2D eigenvalue weighted by Gasteiger charge is 2.21. The van der Waals surface area contributed by atoms with Gasteiger partial charge in [-0.2, -0.15) is 0 Å². The molecule has 0 spiro atoms. The molecule has 4 rings (SSSR count).